The Labute approximate surface area is 95.8 Å². The highest BCUT2D eigenvalue weighted by Crippen LogP contribution is 2.37. The molecule has 16 heavy (non-hydrogen) atoms. The number of hydrogen-bond acceptors (Lipinski definition) is 2. The summed E-state index contributed by atoms with van der Waals surface area (Å²) >= 11 is 0. The summed E-state index contributed by atoms with van der Waals surface area (Å²) in [4.78, 5) is 11.9. The highest BCUT2D eigenvalue weighted by molar-refractivity contribution is 5.93. The molecule has 0 saturated heterocycles. The fraction of sp³-hybridized carbons (Fsp3) is 0.583. The molecule has 4 nitrogen and oxygen atoms in total. The lowest BCUT2D eigenvalue weighted by atomic mass is 10.3. The van der Waals surface area contributed by atoms with Crippen LogP contribution in [-0.4, -0.2) is 17.0 Å². The summed E-state index contributed by atoms with van der Waals surface area (Å²) in [6.45, 7) is 2.85. The second kappa shape index (κ2) is 4.60. The van der Waals surface area contributed by atoms with E-state index in [9.17, 15) is 4.79 Å². The third-order valence-corrected chi connectivity index (χ3v) is 2.86. The number of hydrogen-bond donors (Lipinski definition) is 2. The molecular formula is C12H19N3O. The Balaban J connectivity index is 2.03. The fourth-order valence-corrected chi connectivity index (χ4v) is 1.81. The fourth-order valence-electron chi connectivity index (χ4n) is 1.81. The highest BCUT2D eigenvalue weighted by atomic mass is 16.1. The molecule has 1 aliphatic rings. The monoisotopic (exact) mass is 221 g/mol. The van der Waals surface area contributed by atoms with Crippen LogP contribution in [0.1, 0.15) is 49.1 Å². The lowest BCUT2D eigenvalue weighted by Crippen LogP contribution is -2.26. The molecule has 3 N–H and O–H groups in total. The third kappa shape index (κ3) is 2.38. The van der Waals surface area contributed by atoms with E-state index in [4.69, 9.17) is 5.73 Å². The molecule has 0 atom stereocenters. The van der Waals surface area contributed by atoms with E-state index in [0.29, 0.717) is 17.4 Å². The van der Waals surface area contributed by atoms with E-state index in [1.54, 1.807) is 6.07 Å². The van der Waals surface area contributed by atoms with Gasteiger partial charge in [-0.05, 0) is 25.3 Å². The van der Waals surface area contributed by atoms with Gasteiger partial charge in [0.15, 0.2) is 0 Å². The molecular weight excluding hydrogens is 202 g/mol. The predicted molar refractivity (Wildman–Crippen MR) is 64.4 cm³/mol. The van der Waals surface area contributed by atoms with E-state index in [1.165, 1.54) is 0 Å². The van der Waals surface area contributed by atoms with Crippen LogP contribution in [0.5, 0.6) is 0 Å². The smallest absolute Gasteiger partial charge is 0.267 e. The molecule has 0 unspecified atom stereocenters. The third-order valence-electron chi connectivity index (χ3n) is 2.86. The van der Waals surface area contributed by atoms with Crippen molar-refractivity contribution in [2.75, 3.05) is 12.3 Å². The molecule has 88 valence electrons. The SMILES string of the molecule is CCCCNC(=O)c1cc(N)cn1C1CC1. The summed E-state index contributed by atoms with van der Waals surface area (Å²) < 4.78 is 2.01. The molecule has 1 aromatic heterocycles. The van der Waals surface area contributed by atoms with E-state index in [1.807, 2.05) is 10.8 Å². The molecule has 0 aromatic carbocycles. The van der Waals surface area contributed by atoms with Gasteiger partial charge in [-0.25, -0.2) is 0 Å². The second-order valence-electron chi connectivity index (χ2n) is 4.41. The summed E-state index contributed by atoms with van der Waals surface area (Å²) in [5, 5.41) is 2.92. The number of amides is 1. The maximum atomic E-state index is 11.9. The molecule has 0 radical (unpaired) electrons. The zero-order valence-electron chi connectivity index (χ0n) is 9.70. The molecule has 2 rings (SSSR count). The van der Waals surface area contributed by atoms with Crippen LogP contribution < -0.4 is 11.1 Å². The van der Waals surface area contributed by atoms with Crippen molar-refractivity contribution < 1.29 is 4.79 Å². The van der Waals surface area contributed by atoms with Crippen LogP contribution in [0.4, 0.5) is 5.69 Å². The Morgan fingerprint density at radius 2 is 2.38 bits per heavy atom. The summed E-state index contributed by atoms with van der Waals surface area (Å²) in [6, 6.07) is 2.25. The summed E-state index contributed by atoms with van der Waals surface area (Å²) in [5.74, 6) is -0.00273. The van der Waals surface area contributed by atoms with Gasteiger partial charge in [0.1, 0.15) is 5.69 Å². The van der Waals surface area contributed by atoms with E-state index < -0.39 is 0 Å². The van der Waals surface area contributed by atoms with Crippen molar-refractivity contribution in [3.05, 3.63) is 18.0 Å². The van der Waals surface area contributed by atoms with Gasteiger partial charge in [-0.15, -0.1) is 0 Å². The summed E-state index contributed by atoms with van der Waals surface area (Å²) in [5.41, 5.74) is 7.12. The van der Waals surface area contributed by atoms with Crippen molar-refractivity contribution in [3.8, 4) is 0 Å². The number of carbonyl (C=O) groups excluding carboxylic acids is 1. The number of nitrogen functional groups attached to an aromatic ring is 1. The molecule has 1 aliphatic carbocycles. The summed E-state index contributed by atoms with van der Waals surface area (Å²) in [6.07, 6.45) is 6.29. The summed E-state index contributed by atoms with van der Waals surface area (Å²) in [7, 11) is 0. The maximum absolute atomic E-state index is 11.9. The predicted octanol–water partition coefficient (Wildman–Crippen LogP) is 1.94. The lowest BCUT2D eigenvalue weighted by Gasteiger charge is -2.07. The van der Waals surface area contributed by atoms with E-state index in [2.05, 4.69) is 12.2 Å². The van der Waals surface area contributed by atoms with Gasteiger partial charge < -0.3 is 15.6 Å². The molecule has 1 aromatic rings. The minimum atomic E-state index is -0.00273. The van der Waals surface area contributed by atoms with Crippen molar-refractivity contribution >= 4 is 11.6 Å². The minimum absolute atomic E-state index is 0.00273. The zero-order chi connectivity index (χ0) is 11.5. The standard InChI is InChI=1S/C12H19N3O/c1-2-3-6-14-12(16)11-7-9(13)8-15(11)10-4-5-10/h7-8,10H,2-6,13H2,1H3,(H,14,16). The van der Waals surface area contributed by atoms with Crippen molar-refractivity contribution in [1.82, 2.24) is 9.88 Å². The lowest BCUT2D eigenvalue weighted by molar-refractivity contribution is 0.0943. The van der Waals surface area contributed by atoms with E-state index in [-0.39, 0.29) is 5.91 Å². The van der Waals surface area contributed by atoms with Crippen molar-refractivity contribution in [2.24, 2.45) is 0 Å². The first-order chi connectivity index (χ1) is 7.72. The number of rotatable bonds is 5. The van der Waals surface area contributed by atoms with Gasteiger partial charge >= 0.3 is 0 Å². The molecule has 1 saturated carbocycles. The Hall–Kier alpha value is -1.45. The normalized spacial score (nSPS) is 15.1. The number of nitrogens with two attached hydrogens (primary N) is 1. The molecule has 0 bridgehead atoms. The van der Waals surface area contributed by atoms with Gasteiger partial charge in [-0.1, -0.05) is 13.3 Å². The van der Waals surface area contributed by atoms with Gasteiger partial charge in [-0.2, -0.15) is 0 Å². The van der Waals surface area contributed by atoms with Gasteiger partial charge in [0, 0.05) is 18.8 Å². The minimum Gasteiger partial charge on any atom is -0.397 e. The van der Waals surface area contributed by atoms with Gasteiger partial charge in [-0.3, -0.25) is 4.79 Å². The highest BCUT2D eigenvalue weighted by Gasteiger charge is 2.27. The molecule has 1 fully saturated rings. The van der Waals surface area contributed by atoms with Gasteiger partial charge in [0.2, 0.25) is 0 Å². The van der Waals surface area contributed by atoms with Crippen molar-refractivity contribution in [1.29, 1.82) is 0 Å². The number of nitrogens with one attached hydrogen (secondary N) is 1. The van der Waals surface area contributed by atoms with Crippen LogP contribution >= 0.6 is 0 Å². The number of unbranched alkanes of at least 4 members (excludes halogenated alkanes) is 1. The van der Waals surface area contributed by atoms with Gasteiger partial charge in [0.05, 0.1) is 5.69 Å². The average Bonchev–Trinajstić information content (AvgIpc) is 3.02. The van der Waals surface area contributed by atoms with Gasteiger partial charge in [0.25, 0.3) is 5.91 Å². The first kappa shape index (κ1) is 11.0. The Morgan fingerprint density at radius 3 is 3.00 bits per heavy atom. The number of carbonyl (C=O) groups is 1. The first-order valence-electron chi connectivity index (χ1n) is 5.98. The Bertz CT molecular complexity index is 380. The number of aromatic nitrogens is 1. The molecule has 0 spiro atoms. The zero-order valence-corrected chi connectivity index (χ0v) is 9.70. The maximum Gasteiger partial charge on any atom is 0.267 e. The van der Waals surface area contributed by atoms with Crippen LogP contribution in [0.2, 0.25) is 0 Å². The van der Waals surface area contributed by atoms with Crippen LogP contribution in [0.25, 0.3) is 0 Å². The topological polar surface area (TPSA) is 60.1 Å². The van der Waals surface area contributed by atoms with E-state index in [0.717, 1.165) is 32.2 Å². The molecule has 4 heteroatoms. The average molecular weight is 221 g/mol. The second-order valence-corrected chi connectivity index (χ2v) is 4.41. The molecule has 1 amide bonds. The van der Waals surface area contributed by atoms with E-state index >= 15 is 0 Å². The molecule has 0 aliphatic heterocycles. The van der Waals surface area contributed by atoms with Crippen LogP contribution in [0, 0.1) is 0 Å². The van der Waals surface area contributed by atoms with Crippen LogP contribution in [0.3, 0.4) is 0 Å². The Kier molecular flexibility index (Phi) is 3.17. The number of anilines is 1. The molecule has 1 heterocycles. The number of nitrogens with zero attached hydrogens (tertiary/aromatic N) is 1. The largest absolute Gasteiger partial charge is 0.397 e. The quantitative estimate of drug-likeness (QED) is 0.746. The van der Waals surface area contributed by atoms with Crippen LogP contribution in [0.15, 0.2) is 12.3 Å². The Morgan fingerprint density at radius 1 is 1.62 bits per heavy atom. The van der Waals surface area contributed by atoms with Crippen molar-refractivity contribution in [2.45, 2.75) is 38.6 Å². The first-order valence-corrected chi connectivity index (χ1v) is 5.98. The van der Waals surface area contributed by atoms with Crippen molar-refractivity contribution in [3.63, 3.8) is 0 Å². The van der Waals surface area contributed by atoms with Crippen LogP contribution in [-0.2, 0) is 0 Å².